The van der Waals surface area contributed by atoms with Gasteiger partial charge in [-0.05, 0) is 31.2 Å². The van der Waals surface area contributed by atoms with E-state index >= 15 is 0 Å². The molecule has 8 heteroatoms. The number of ether oxygens (including phenoxy) is 2. The smallest absolute Gasteiger partial charge is 0.433 e. The van der Waals surface area contributed by atoms with Crippen LogP contribution in [0.5, 0.6) is 11.5 Å². The van der Waals surface area contributed by atoms with Crippen molar-refractivity contribution in [1.82, 2.24) is 9.97 Å². The lowest BCUT2D eigenvalue weighted by Gasteiger charge is -2.18. The van der Waals surface area contributed by atoms with Gasteiger partial charge in [-0.15, -0.1) is 0 Å². The molecule has 0 aliphatic rings. The Balaban J connectivity index is 2.27. The molecule has 124 valence electrons. The van der Waals surface area contributed by atoms with Gasteiger partial charge in [0, 0.05) is 11.8 Å². The lowest BCUT2D eigenvalue weighted by atomic mass is 10.1. The molecular weight excluding hydrogens is 311 g/mol. The minimum atomic E-state index is -4.52. The van der Waals surface area contributed by atoms with Gasteiger partial charge >= 0.3 is 6.18 Å². The van der Waals surface area contributed by atoms with Crippen LogP contribution in [0.2, 0.25) is 0 Å². The monoisotopic (exact) mass is 327 g/mol. The van der Waals surface area contributed by atoms with Crippen molar-refractivity contribution in [3.05, 3.63) is 41.7 Å². The fourth-order valence-electron chi connectivity index (χ4n) is 2.04. The van der Waals surface area contributed by atoms with E-state index in [1.807, 2.05) is 0 Å². The normalized spacial score (nSPS) is 12.6. The summed E-state index contributed by atoms with van der Waals surface area (Å²) in [7, 11) is 3.04. The van der Waals surface area contributed by atoms with Crippen LogP contribution in [0.15, 0.2) is 30.5 Å². The number of hydrogen-bond donors (Lipinski definition) is 1. The molecule has 0 fully saturated rings. The van der Waals surface area contributed by atoms with Crippen LogP contribution in [-0.4, -0.2) is 24.2 Å². The number of aromatic nitrogens is 2. The van der Waals surface area contributed by atoms with Crippen molar-refractivity contribution in [2.75, 3.05) is 19.5 Å². The van der Waals surface area contributed by atoms with Crippen molar-refractivity contribution in [3.8, 4) is 11.5 Å². The van der Waals surface area contributed by atoms with E-state index in [1.54, 1.807) is 25.1 Å². The van der Waals surface area contributed by atoms with Crippen LogP contribution >= 0.6 is 0 Å². The molecule has 0 spiro atoms. The Bertz CT molecular complexity index is 677. The third-order valence-corrected chi connectivity index (χ3v) is 3.19. The number of nitrogens with zero attached hydrogens (tertiary/aromatic N) is 2. The van der Waals surface area contributed by atoms with Crippen molar-refractivity contribution in [2.45, 2.75) is 19.1 Å². The number of nitrogens with one attached hydrogen (secondary N) is 1. The Kier molecular flexibility index (Phi) is 4.92. The minimum absolute atomic E-state index is 0.114. The Morgan fingerprint density at radius 3 is 2.48 bits per heavy atom. The molecule has 0 saturated heterocycles. The second kappa shape index (κ2) is 6.72. The summed E-state index contributed by atoms with van der Waals surface area (Å²) in [6.45, 7) is 1.76. The highest BCUT2D eigenvalue weighted by Gasteiger charge is 2.32. The molecule has 23 heavy (non-hydrogen) atoms. The maximum atomic E-state index is 12.7. The fourth-order valence-corrected chi connectivity index (χ4v) is 2.04. The van der Waals surface area contributed by atoms with Crippen molar-refractivity contribution in [1.29, 1.82) is 0 Å². The molecule has 0 aliphatic carbocycles. The van der Waals surface area contributed by atoms with Gasteiger partial charge in [-0.3, -0.25) is 0 Å². The molecule has 0 amide bonds. The molecule has 0 saturated carbocycles. The van der Waals surface area contributed by atoms with Crippen LogP contribution in [0.4, 0.5) is 19.1 Å². The van der Waals surface area contributed by atoms with Crippen LogP contribution in [0.25, 0.3) is 0 Å². The second-order valence-corrected chi connectivity index (χ2v) is 4.74. The van der Waals surface area contributed by atoms with E-state index < -0.39 is 11.9 Å². The fraction of sp³-hybridized carbons (Fsp3) is 0.333. The molecule has 0 bridgehead atoms. The number of anilines is 1. The van der Waals surface area contributed by atoms with Crippen molar-refractivity contribution >= 4 is 5.95 Å². The van der Waals surface area contributed by atoms with E-state index in [0.717, 1.165) is 12.3 Å². The van der Waals surface area contributed by atoms with E-state index in [2.05, 4.69) is 15.3 Å². The molecule has 1 unspecified atom stereocenters. The topological polar surface area (TPSA) is 56.3 Å². The Labute approximate surface area is 131 Å². The number of alkyl halides is 3. The first-order valence-corrected chi connectivity index (χ1v) is 6.74. The third-order valence-electron chi connectivity index (χ3n) is 3.19. The second-order valence-electron chi connectivity index (χ2n) is 4.74. The maximum Gasteiger partial charge on any atom is 0.433 e. The van der Waals surface area contributed by atoms with Crippen molar-refractivity contribution in [3.63, 3.8) is 0 Å². The number of hydrogen-bond acceptors (Lipinski definition) is 5. The lowest BCUT2D eigenvalue weighted by molar-refractivity contribution is -0.141. The van der Waals surface area contributed by atoms with Crippen LogP contribution in [-0.2, 0) is 6.18 Å². The third kappa shape index (κ3) is 4.02. The van der Waals surface area contributed by atoms with Crippen LogP contribution < -0.4 is 14.8 Å². The van der Waals surface area contributed by atoms with Crippen molar-refractivity contribution in [2.24, 2.45) is 0 Å². The van der Waals surface area contributed by atoms with Crippen LogP contribution in [0, 0.1) is 0 Å². The molecule has 0 aliphatic heterocycles. The number of methoxy groups -OCH3 is 2. The van der Waals surface area contributed by atoms with Crippen molar-refractivity contribution < 1.29 is 22.6 Å². The quantitative estimate of drug-likeness (QED) is 0.908. The van der Waals surface area contributed by atoms with E-state index in [9.17, 15) is 13.2 Å². The molecule has 1 aromatic carbocycles. The number of halogens is 3. The summed E-state index contributed by atoms with van der Waals surface area (Å²) in [4.78, 5) is 7.31. The minimum Gasteiger partial charge on any atom is -0.497 e. The summed E-state index contributed by atoms with van der Waals surface area (Å²) >= 11 is 0. The molecule has 0 radical (unpaired) electrons. The van der Waals surface area contributed by atoms with Crippen LogP contribution in [0.1, 0.15) is 24.2 Å². The summed E-state index contributed by atoms with van der Waals surface area (Å²) in [6, 6.07) is 5.63. The highest BCUT2D eigenvalue weighted by molar-refractivity contribution is 5.45. The van der Waals surface area contributed by atoms with Gasteiger partial charge in [0.15, 0.2) is 0 Å². The lowest BCUT2D eigenvalue weighted by Crippen LogP contribution is -2.14. The van der Waals surface area contributed by atoms with Gasteiger partial charge in [0.1, 0.15) is 17.2 Å². The average molecular weight is 327 g/mol. The zero-order chi connectivity index (χ0) is 17.0. The van der Waals surface area contributed by atoms with E-state index in [-0.39, 0.29) is 12.0 Å². The first kappa shape index (κ1) is 16.9. The van der Waals surface area contributed by atoms with E-state index in [0.29, 0.717) is 17.1 Å². The first-order valence-electron chi connectivity index (χ1n) is 6.74. The summed E-state index contributed by atoms with van der Waals surface area (Å²) in [6.07, 6.45) is -3.45. The summed E-state index contributed by atoms with van der Waals surface area (Å²) in [5, 5.41) is 2.84. The highest BCUT2D eigenvalue weighted by Crippen LogP contribution is 2.31. The molecule has 5 nitrogen and oxygen atoms in total. The summed E-state index contributed by atoms with van der Waals surface area (Å²) in [5.74, 6) is 1.08. The predicted octanol–water partition coefficient (Wildman–Crippen LogP) is 3.69. The SMILES string of the molecule is COc1ccc(OC)c(C(C)Nc2nccc(C(F)(F)F)n2)c1. The molecule has 1 heterocycles. The van der Waals surface area contributed by atoms with Gasteiger partial charge in [-0.1, -0.05) is 0 Å². The zero-order valence-corrected chi connectivity index (χ0v) is 12.8. The molecule has 2 aromatic rings. The largest absolute Gasteiger partial charge is 0.497 e. The molecule has 2 rings (SSSR count). The van der Waals surface area contributed by atoms with E-state index in [1.165, 1.54) is 14.2 Å². The van der Waals surface area contributed by atoms with Crippen LogP contribution in [0.3, 0.4) is 0 Å². The Morgan fingerprint density at radius 1 is 1.13 bits per heavy atom. The van der Waals surface area contributed by atoms with Gasteiger partial charge in [-0.25, -0.2) is 9.97 Å². The van der Waals surface area contributed by atoms with Gasteiger partial charge in [0.2, 0.25) is 5.95 Å². The molecular formula is C15H16F3N3O2. The maximum absolute atomic E-state index is 12.7. The van der Waals surface area contributed by atoms with Gasteiger partial charge in [0.25, 0.3) is 0 Å². The number of benzene rings is 1. The molecule has 1 atom stereocenters. The average Bonchev–Trinajstić information content (AvgIpc) is 2.53. The molecule has 1 aromatic heterocycles. The van der Waals surface area contributed by atoms with Gasteiger partial charge in [0.05, 0.1) is 20.3 Å². The summed E-state index contributed by atoms with van der Waals surface area (Å²) < 4.78 is 48.5. The highest BCUT2D eigenvalue weighted by atomic mass is 19.4. The Hall–Kier alpha value is -2.51. The predicted molar refractivity (Wildman–Crippen MR) is 78.6 cm³/mol. The Morgan fingerprint density at radius 2 is 1.87 bits per heavy atom. The zero-order valence-electron chi connectivity index (χ0n) is 12.8. The standard InChI is InChI=1S/C15H16F3N3O2/c1-9(11-8-10(22-2)4-5-12(11)23-3)20-14-19-7-6-13(21-14)15(16,17)18/h4-9H,1-3H3,(H,19,20,21). The molecule has 1 N–H and O–H groups in total. The summed E-state index contributed by atoms with van der Waals surface area (Å²) in [5.41, 5.74) is -0.285. The van der Waals surface area contributed by atoms with E-state index in [4.69, 9.17) is 9.47 Å². The first-order chi connectivity index (χ1) is 10.8. The number of rotatable bonds is 5. The van der Waals surface area contributed by atoms with Gasteiger partial charge < -0.3 is 14.8 Å². The van der Waals surface area contributed by atoms with Gasteiger partial charge in [-0.2, -0.15) is 13.2 Å².